The van der Waals surface area contributed by atoms with Crippen molar-refractivity contribution in [2.45, 2.75) is 57.7 Å². The van der Waals surface area contributed by atoms with Crippen LogP contribution >= 0.6 is 0 Å². The highest BCUT2D eigenvalue weighted by molar-refractivity contribution is 6.33. The number of aromatic nitrogens is 2. The minimum atomic E-state index is -0.535. The van der Waals surface area contributed by atoms with Crippen LogP contribution in [-0.4, -0.2) is 54.3 Å². The molecular formula is C26H33BFN3O3. The SMILES string of the molecule is Bc1cc(C(C)OCC2(c3ccc(F)cc3)CCN(C(=O)OC(C)(C)C)CC2)c2[nH]ncc2c1. The summed E-state index contributed by atoms with van der Waals surface area (Å²) < 4.78 is 25.7. The highest BCUT2D eigenvalue weighted by Gasteiger charge is 2.39. The lowest BCUT2D eigenvalue weighted by Gasteiger charge is -2.42. The third kappa shape index (κ3) is 5.27. The summed E-state index contributed by atoms with van der Waals surface area (Å²) >= 11 is 0. The number of rotatable bonds is 5. The lowest BCUT2D eigenvalue weighted by molar-refractivity contribution is -0.00932. The van der Waals surface area contributed by atoms with Crippen LogP contribution in [0.3, 0.4) is 0 Å². The number of carbonyl (C=O) groups is 1. The van der Waals surface area contributed by atoms with E-state index in [1.807, 2.05) is 46.0 Å². The summed E-state index contributed by atoms with van der Waals surface area (Å²) in [5.41, 5.74) is 3.37. The van der Waals surface area contributed by atoms with Crippen molar-refractivity contribution in [2.24, 2.45) is 0 Å². The standard InChI is InChI=1S/C26H33BFN3O3/c1-17(22-14-20(27)13-18-15-29-30-23(18)22)33-16-26(19-5-7-21(28)8-6-19)9-11-31(12-10-26)24(32)34-25(2,3)4/h5-8,13-15,17H,9-12,16,27H2,1-4H3,(H,29,30). The van der Waals surface area contributed by atoms with Gasteiger partial charge in [0.2, 0.25) is 0 Å². The third-order valence-electron chi connectivity index (χ3n) is 6.60. The molecule has 1 amide bonds. The molecule has 4 rings (SSSR count). The van der Waals surface area contributed by atoms with Gasteiger partial charge in [-0.05, 0) is 58.2 Å². The van der Waals surface area contributed by atoms with Gasteiger partial charge in [-0.15, -0.1) is 0 Å². The molecule has 1 aliphatic heterocycles. The summed E-state index contributed by atoms with van der Waals surface area (Å²) in [6.45, 7) is 9.23. The molecule has 1 aromatic heterocycles. The summed E-state index contributed by atoms with van der Waals surface area (Å²) in [5.74, 6) is -0.263. The Hall–Kier alpha value is -2.87. The van der Waals surface area contributed by atoms with Crippen LogP contribution in [0.1, 0.15) is 57.8 Å². The number of carbonyl (C=O) groups excluding carboxylic acids is 1. The fraction of sp³-hybridized carbons (Fsp3) is 0.462. The van der Waals surface area contributed by atoms with Gasteiger partial charge in [-0.1, -0.05) is 29.7 Å². The van der Waals surface area contributed by atoms with E-state index < -0.39 is 5.60 Å². The van der Waals surface area contributed by atoms with Crippen LogP contribution in [0.5, 0.6) is 0 Å². The Bertz CT molecular complexity index is 1150. The van der Waals surface area contributed by atoms with E-state index in [9.17, 15) is 9.18 Å². The number of H-pyrrole nitrogens is 1. The lowest BCUT2D eigenvalue weighted by Crippen LogP contribution is -2.48. The number of halogens is 1. The Balaban J connectivity index is 1.54. The van der Waals surface area contributed by atoms with E-state index >= 15 is 0 Å². The first-order valence-corrected chi connectivity index (χ1v) is 11.9. The van der Waals surface area contributed by atoms with Crippen molar-refractivity contribution in [2.75, 3.05) is 19.7 Å². The molecule has 0 bridgehead atoms. The molecule has 2 heterocycles. The fourth-order valence-corrected chi connectivity index (χ4v) is 4.70. The van der Waals surface area contributed by atoms with E-state index in [0.717, 1.165) is 27.5 Å². The van der Waals surface area contributed by atoms with E-state index in [1.54, 1.807) is 4.90 Å². The van der Waals surface area contributed by atoms with Gasteiger partial charge < -0.3 is 14.4 Å². The molecule has 1 atom stereocenters. The van der Waals surface area contributed by atoms with Crippen molar-refractivity contribution >= 4 is 30.3 Å². The maximum atomic E-state index is 13.7. The number of piperidine rings is 1. The lowest BCUT2D eigenvalue weighted by atomic mass is 9.73. The van der Waals surface area contributed by atoms with Crippen molar-refractivity contribution in [3.63, 3.8) is 0 Å². The first-order valence-electron chi connectivity index (χ1n) is 11.9. The first kappa shape index (κ1) is 24.3. The summed E-state index contributed by atoms with van der Waals surface area (Å²) in [5, 5.41) is 8.34. The molecule has 0 aliphatic carbocycles. The van der Waals surface area contributed by atoms with Crippen molar-refractivity contribution in [1.82, 2.24) is 15.1 Å². The average Bonchev–Trinajstić information content (AvgIpc) is 3.25. The number of likely N-dealkylation sites (tertiary alicyclic amines) is 1. The normalized spacial score (nSPS) is 17.0. The van der Waals surface area contributed by atoms with Gasteiger partial charge in [-0.2, -0.15) is 5.10 Å². The van der Waals surface area contributed by atoms with Crippen molar-refractivity contribution < 1.29 is 18.7 Å². The van der Waals surface area contributed by atoms with Gasteiger partial charge in [-0.3, -0.25) is 5.10 Å². The van der Waals surface area contributed by atoms with Gasteiger partial charge in [-0.25, -0.2) is 9.18 Å². The van der Waals surface area contributed by atoms with Crippen LogP contribution in [-0.2, 0) is 14.9 Å². The van der Waals surface area contributed by atoms with Crippen molar-refractivity contribution in [3.8, 4) is 0 Å². The highest BCUT2D eigenvalue weighted by atomic mass is 19.1. The van der Waals surface area contributed by atoms with Crippen LogP contribution in [0.2, 0.25) is 0 Å². The number of nitrogens with zero attached hydrogens (tertiary/aromatic N) is 2. The molecule has 0 radical (unpaired) electrons. The molecule has 2 aromatic carbocycles. The summed E-state index contributed by atoms with van der Waals surface area (Å²) in [6, 6.07) is 10.9. The van der Waals surface area contributed by atoms with Gasteiger partial charge in [0.05, 0.1) is 24.4 Å². The van der Waals surface area contributed by atoms with E-state index in [4.69, 9.17) is 9.47 Å². The molecule has 1 N–H and O–H groups in total. The van der Waals surface area contributed by atoms with Crippen LogP contribution in [0, 0.1) is 5.82 Å². The molecule has 3 aromatic rings. The number of hydrogen-bond donors (Lipinski definition) is 1. The van der Waals surface area contributed by atoms with E-state index in [0.29, 0.717) is 32.5 Å². The quantitative estimate of drug-likeness (QED) is 0.579. The molecule has 1 aliphatic rings. The molecule has 1 fully saturated rings. The summed E-state index contributed by atoms with van der Waals surface area (Å²) in [4.78, 5) is 14.4. The fourth-order valence-electron chi connectivity index (χ4n) is 4.70. The maximum absolute atomic E-state index is 13.7. The average molecular weight is 465 g/mol. The zero-order valence-corrected chi connectivity index (χ0v) is 20.7. The van der Waals surface area contributed by atoms with Gasteiger partial charge >= 0.3 is 6.09 Å². The number of aromatic amines is 1. The number of hydrogen-bond acceptors (Lipinski definition) is 4. The molecule has 1 saturated heterocycles. The Morgan fingerprint density at radius 2 is 1.91 bits per heavy atom. The van der Waals surface area contributed by atoms with Crippen molar-refractivity contribution in [1.29, 1.82) is 0 Å². The number of nitrogens with one attached hydrogen (secondary N) is 1. The summed E-state index contributed by atoms with van der Waals surface area (Å²) in [7, 11) is 2.06. The third-order valence-corrected chi connectivity index (χ3v) is 6.60. The zero-order valence-electron chi connectivity index (χ0n) is 20.7. The van der Waals surface area contributed by atoms with Gasteiger partial charge in [0.25, 0.3) is 0 Å². The van der Waals surface area contributed by atoms with Crippen LogP contribution < -0.4 is 5.46 Å². The molecule has 0 spiro atoms. The summed E-state index contributed by atoms with van der Waals surface area (Å²) in [6.07, 6.45) is 2.78. The molecule has 1 unspecified atom stereocenters. The van der Waals surface area contributed by atoms with Crippen LogP contribution in [0.25, 0.3) is 10.9 Å². The Morgan fingerprint density at radius 1 is 1.24 bits per heavy atom. The molecule has 6 nitrogen and oxygen atoms in total. The van der Waals surface area contributed by atoms with E-state index in [-0.39, 0.29) is 23.4 Å². The molecule has 34 heavy (non-hydrogen) atoms. The Morgan fingerprint density at radius 3 is 2.56 bits per heavy atom. The predicted octanol–water partition coefficient (Wildman–Crippen LogP) is 4.01. The Kier molecular flexibility index (Phi) is 6.72. The van der Waals surface area contributed by atoms with Gasteiger partial charge in [0.1, 0.15) is 19.3 Å². The molecular weight excluding hydrogens is 432 g/mol. The monoisotopic (exact) mass is 465 g/mol. The van der Waals surface area contributed by atoms with Gasteiger partial charge in [0, 0.05) is 29.5 Å². The van der Waals surface area contributed by atoms with Crippen molar-refractivity contribution in [3.05, 3.63) is 59.5 Å². The topological polar surface area (TPSA) is 67.4 Å². The van der Waals surface area contributed by atoms with Gasteiger partial charge in [0.15, 0.2) is 0 Å². The zero-order chi connectivity index (χ0) is 24.5. The predicted molar refractivity (Wildman–Crippen MR) is 134 cm³/mol. The first-order chi connectivity index (χ1) is 16.1. The van der Waals surface area contributed by atoms with Crippen LogP contribution in [0.4, 0.5) is 9.18 Å². The number of benzene rings is 2. The van der Waals surface area contributed by atoms with E-state index in [2.05, 4.69) is 30.2 Å². The molecule has 8 heteroatoms. The molecule has 180 valence electrons. The highest BCUT2D eigenvalue weighted by Crippen LogP contribution is 2.38. The minimum absolute atomic E-state index is 0.163. The Labute approximate surface area is 201 Å². The second-order valence-electron chi connectivity index (χ2n) is 10.4. The maximum Gasteiger partial charge on any atom is 0.410 e. The second-order valence-corrected chi connectivity index (χ2v) is 10.4. The number of amides is 1. The number of fused-ring (bicyclic) bond motifs is 1. The minimum Gasteiger partial charge on any atom is -0.444 e. The smallest absolute Gasteiger partial charge is 0.410 e. The van der Waals surface area contributed by atoms with E-state index in [1.165, 1.54) is 12.1 Å². The largest absolute Gasteiger partial charge is 0.444 e. The molecule has 0 saturated carbocycles. The number of ether oxygens (including phenoxy) is 2. The van der Waals surface area contributed by atoms with Crippen LogP contribution in [0.15, 0.2) is 42.6 Å². The second kappa shape index (κ2) is 9.41.